The summed E-state index contributed by atoms with van der Waals surface area (Å²) in [6.45, 7) is 9.44. The minimum atomic E-state index is -0.417. The van der Waals surface area contributed by atoms with E-state index >= 15 is 0 Å². The smallest absolute Gasteiger partial charge is 0.330 e. The maximum atomic E-state index is 11.7. The molecule has 0 radical (unpaired) electrons. The quantitative estimate of drug-likeness (QED) is 0.677. The van der Waals surface area contributed by atoms with Gasteiger partial charge in [-0.05, 0) is 40.0 Å². The molecule has 0 amide bonds. The average molecular weight is 225 g/mol. The van der Waals surface area contributed by atoms with Crippen LogP contribution in [0.5, 0.6) is 0 Å². The molecule has 0 unspecified atom stereocenters. The van der Waals surface area contributed by atoms with Crippen molar-refractivity contribution < 1.29 is 9.63 Å². The number of rotatable bonds is 2. The number of nitrogens with zero attached hydrogens (tertiary/aromatic N) is 1. The molecule has 92 valence electrons. The molecule has 1 rings (SSSR count). The molecule has 0 saturated carbocycles. The highest BCUT2D eigenvalue weighted by atomic mass is 16.7. The van der Waals surface area contributed by atoms with Gasteiger partial charge in [0.2, 0.25) is 0 Å². The largest absolute Gasteiger partial charge is 0.367 e. The molecule has 1 aliphatic heterocycles. The molecule has 0 aromatic rings. The summed E-state index contributed by atoms with van der Waals surface area (Å²) in [7, 11) is 0. The standard InChI is InChI=1S/C13H23NO2/c1-5-6-11-7-9-14(10-8-11)16-12(15)13(2,3)4/h6H,5,7-10H2,1-4H3. The molecule has 1 fully saturated rings. The molecule has 0 atom stereocenters. The number of piperidine rings is 1. The number of carbonyl (C=O) groups excluding carboxylic acids is 1. The summed E-state index contributed by atoms with van der Waals surface area (Å²) in [5, 5.41) is 1.79. The van der Waals surface area contributed by atoms with E-state index in [4.69, 9.17) is 4.84 Å². The van der Waals surface area contributed by atoms with Gasteiger partial charge in [0.25, 0.3) is 0 Å². The van der Waals surface area contributed by atoms with Gasteiger partial charge < -0.3 is 4.84 Å². The van der Waals surface area contributed by atoms with Crippen LogP contribution in [0.1, 0.15) is 47.0 Å². The van der Waals surface area contributed by atoms with E-state index in [1.54, 1.807) is 5.06 Å². The monoisotopic (exact) mass is 225 g/mol. The van der Waals surface area contributed by atoms with Crippen molar-refractivity contribution in [1.29, 1.82) is 0 Å². The first-order valence-electron chi connectivity index (χ1n) is 6.08. The van der Waals surface area contributed by atoms with E-state index < -0.39 is 5.41 Å². The van der Waals surface area contributed by atoms with E-state index in [1.165, 1.54) is 5.57 Å². The van der Waals surface area contributed by atoms with Gasteiger partial charge in [0.05, 0.1) is 5.41 Å². The molecule has 1 aliphatic rings. The first-order chi connectivity index (χ1) is 7.43. The Morgan fingerprint density at radius 1 is 1.38 bits per heavy atom. The fourth-order valence-corrected chi connectivity index (χ4v) is 1.61. The van der Waals surface area contributed by atoms with Crippen molar-refractivity contribution >= 4 is 5.97 Å². The molecule has 0 bridgehead atoms. The highest BCUT2D eigenvalue weighted by Crippen LogP contribution is 2.20. The summed E-state index contributed by atoms with van der Waals surface area (Å²) in [6.07, 6.45) is 5.41. The molecule has 1 heterocycles. The first-order valence-corrected chi connectivity index (χ1v) is 6.08. The lowest BCUT2D eigenvalue weighted by molar-refractivity contribution is -0.202. The van der Waals surface area contributed by atoms with Crippen LogP contribution in [0.15, 0.2) is 11.6 Å². The average Bonchev–Trinajstić information content (AvgIpc) is 2.20. The van der Waals surface area contributed by atoms with E-state index in [0.717, 1.165) is 32.4 Å². The fraction of sp³-hybridized carbons (Fsp3) is 0.769. The third kappa shape index (κ3) is 3.97. The van der Waals surface area contributed by atoms with Gasteiger partial charge in [-0.25, -0.2) is 4.79 Å². The Kier molecular flexibility index (Phi) is 4.54. The second-order valence-corrected chi connectivity index (χ2v) is 5.33. The van der Waals surface area contributed by atoms with Gasteiger partial charge in [-0.1, -0.05) is 18.6 Å². The van der Waals surface area contributed by atoms with Crippen LogP contribution >= 0.6 is 0 Å². The first kappa shape index (κ1) is 13.2. The molecule has 3 nitrogen and oxygen atoms in total. The zero-order valence-corrected chi connectivity index (χ0v) is 10.9. The predicted octanol–water partition coefficient (Wildman–Crippen LogP) is 2.92. The Morgan fingerprint density at radius 3 is 2.38 bits per heavy atom. The van der Waals surface area contributed by atoms with Crippen molar-refractivity contribution in [2.45, 2.75) is 47.0 Å². The zero-order valence-electron chi connectivity index (χ0n) is 10.9. The fourth-order valence-electron chi connectivity index (χ4n) is 1.61. The van der Waals surface area contributed by atoms with Crippen molar-refractivity contribution in [3.05, 3.63) is 11.6 Å². The molecule has 1 saturated heterocycles. The summed E-state index contributed by atoms with van der Waals surface area (Å²) in [4.78, 5) is 17.0. The van der Waals surface area contributed by atoms with Crippen LogP contribution in [0, 0.1) is 5.41 Å². The highest BCUT2D eigenvalue weighted by molar-refractivity contribution is 5.75. The molecule has 0 spiro atoms. The minimum Gasteiger partial charge on any atom is -0.367 e. The second kappa shape index (κ2) is 5.48. The van der Waals surface area contributed by atoms with E-state index in [0.29, 0.717) is 0 Å². The maximum Gasteiger partial charge on any atom is 0.330 e. The molecule has 0 aromatic heterocycles. The number of allylic oxidation sites excluding steroid dienone is 1. The predicted molar refractivity (Wildman–Crippen MR) is 64.7 cm³/mol. The third-order valence-corrected chi connectivity index (χ3v) is 2.68. The Bertz CT molecular complexity index is 266. The zero-order chi connectivity index (χ0) is 12.2. The Balaban J connectivity index is 2.38. The maximum absolute atomic E-state index is 11.7. The van der Waals surface area contributed by atoms with Gasteiger partial charge in [-0.2, -0.15) is 0 Å². The normalized spacial score (nSPS) is 18.4. The lowest BCUT2D eigenvalue weighted by Gasteiger charge is -2.29. The van der Waals surface area contributed by atoms with Gasteiger partial charge in [0.15, 0.2) is 0 Å². The Morgan fingerprint density at radius 2 is 1.94 bits per heavy atom. The van der Waals surface area contributed by atoms with Crippen LogP contribution in [0.2, 0.25) is 0 Å². The van der Waals surface area contributed by atoms with Crippen molar-refractivity contribution in [1.82, 2.24) is 5.06 Å². The van der Waals surface area contributed by atoms with Gasteiger partial charge in [-0.15, -0.1) is 5.06 Å². The van der Waals surface area contributed by atoms with Crippen molar-refractivity contribution in [3.8, 4) is 0 Å². The molecule has 0 aromatic carbocycles. The molecule has 0 aliphatic carbocycles. The van der Waals surface area contributed by atoms with Crippen LogP contribution in [-0.2, 0) is 9.63 Å². The lowest BCUT2D eigenvalue weighted by atomic mass is 9.98. The summed E-state index contributed by atoms with van der Waals surface area (Å²) < 4.78 is 0. The van der Waals surface area contributed by atoms with E-state index in [-0.39, 0.29) is 5.97 Å². The highest BCUT2D eigenvalue weighted by Gasteiger charge is 2.27. The van der Waals surface area contributed by atoms with Crippen LogP contribution in [0.4, 0.5) is 0 Å². The summed E-state index contributed by atoms with van der Waals surface area (Å²) in [5.41, 5.74) is 1.07. The van der Waals surface area contributed by atoms with Crippen molar-refractivity contribution in [3.63, 3.8) is 0 Å². The van der Waals surface area contributed by atoms with Crippen molar-refractivity contribution in [2.24, 2.45) is 5.41 Å². The third-order valence-electron chi connectivity index (χ3n) is 2.68. The number of hydrogen-bond acceptors (Lipinski definition) is 3. The van der Waals surface area contributed by atoms with Gasteiger partial charge in [0, 0.05) is 13.1 Å². The van der Waals surface area contributed by atoms with Crippen LogP contribution < -0.4 is 0 Å². The SMILES string of the molecule is CCC=C1CCN(OC(=O)C(C)(C)C)CC1. The van der Waals surface area contributed by atoms with Gasteiger partial charge >= 0.3 is 5.97 Å². The van der Waals surface area contributed by atoms with Crippen LogP contribution in [-0.4, -0.2) is 24.1 Å². The van der Waals surface area contributed by atoms with Gasteiger partial charge in [-0.3, -0.25) is 0 Å². The molecular formula is C13H23NO2. The Labute approximate surface area is 98.4 Å². The van der Waals surface area contributed by atoms with E-state index in [2.05, 4.69) is 13.0 Å². The van der Waals surface area contributed by atoms with Crippen molar-refractivity contribution in [2.75, 3.05) is 13.1 Å². The topological polar surface area (TPSA) is 29.5 Å². The number of hydrogen-bond donors (Lipinski definition) is 0. The number of hydroxylamine groups is 2. The summed E-state index contributed by atoms with van der Waals surface area (Å²) in [6, 6.07) is 0. The molecule has 16 heavy (non-hydrogen) atoms. The number of carbonyl (C=O) groups is 1. The Hall–Kier alpha value is -0.830. The second-order valence-electron chi connectivity index (χ2n) is 5.33. The molecular weight excluding hydrogens is 202 g/mol. The lowest BCUT2D eigenvalue weighted by Crippen LogP contribution is -2.37. The summed E-state index contributed by atoms with van der Waals surface area (Å²) >= 11 is 0. The summed E-state index contributed by atoms with van der Waals surface area (Å²) in [5.74, 6) is -0.143. The van der Waals surface area contributed by atoms with E-state index in [9.17, 15) is 4.79 Å². The van der Waals surface area contributed by atoms with Gasteiger partial charge in [0.1, 0.15) is 0 Å². The molecule has 0 N–H and O–H groups in total. The van der Waals surface area contributed by atoms with Crippen LogP contribution in [0.25, 0.3) is 0 Å². The van der Waals surface area contributed by atoms with Crippen LogP contribution in [0.3, 0.4) is 0 Å². The van der Waals surface area contributed by atoms with E-state index in [1.807, 2.05) is 20.8 Å². The molecule has 3 heteroatoms. The minimum absolute atomic E-state index is 0.143.